The van der Waals surface area contributed by atoms with E-state index in [-0.39, 0.29) is 12.0 Å². The number of aliphatic hydroxyl groups excluding tert-OH is 1. The van der Waals surface area contributed by atoms with Crippen molar-refractivity contribution >= 4 is 12.0 Å². The summed E-state index contributed by atoms with van der Waals surface area (Å²) in [6, 6.07) is 9.86. The van der Waals surface area contributed by atoms with Crippen LogP contribution in [0.2, 0.25) is 0 Å². The van der Waals surface area contributed by atoms with Gasteiger partial charge in [0.1, 0.15) is 0 Å². The summed E-state index contributed by atoms with van der Waals surface area (Å²) in [6.45, 7) is 3.25. The summed E-state index contributed by atoms with van der Waals surface area (Å²) in [7, 11) is 0. The number of aromatic nitrogens is 2. The molecule has 1 aliphatic rings. The third-order valence-corrected chi connectivity index (χ3v) is 4.58. The van der Waals surface area contributed by atoms with Crippen molar-refractivity contribution in [3.8, 4) is 5.69 Å². The fraction of sp³-hybridized carbons (Fsp3) is 0.368. The smallest absolute Gasteiger partial charge is 0.246 e. The minimum absolute atomic E-state index is 0.0199. The normalized spacial score (nSPS) is 17.3. The molecule has 1 N–H and O–H groups in total. The summed E-state index contributed by atoms with van der Waals surface area (Å²) in [4.78, 5) is 14.1. The van der Waals surface area contributed by atoms with Crippen molar-refractivity contribution in [3.63, 3.8) is 0 Å². The van der Waals surface area contributed by atoms with E-state index in [1.54, 1.807) is 23.0 Å². The number of carbonyl (C=O) groups excluding carboxylic acids is 1. The zero-order chi connectivity index (χ0) is 16.9. The molecule has 1 aromatic carbocycles. The predicted octanol–water partition coefficient (Wildman–Crippen LogP) is 2.50. The molecule has 0 saturated carbocycles. The quantitative estimate of drug-likeness (QED) is 0.879. The molecule has 1 unspecified atom stereocenters. The number of aliphatic hydroxyl groups is 1. The Morgan fingerprint density at radius 3 is 2.67 bits per heavy atom. The van der Waals surface area contributed by atoms with E-state index in [0.717, 1.165) is 24.1 Å². The number of rotatable bonds is 4. The van der Waals surface area contributed by atoms with Crippen LogP contribution in [-0.4, -0.2) is 44.9 Å². The average molecular weight is 325 g/mol. The maximum absolute atomic E-state index is 12.3. The van der Waals surface area contributed by atoms with Gasteiger partial charge < -0.3 is 10.0 Å². The predicted molar refractivity (Wildman–Crippen MR) is 93.6 cm³/mol. The van der Waals surface area contributed by atoms with Gasteiger partial charge in [-0.2, -0.15) is 5.10 Å². The van der Waals surface area contributed by atoms with Crippen molar-refractivity contribution in [1.82, 2.24) is 14.7 Å². The van der Waals surface area contributed by atoms with Crippen LogP contribution in [0.15, 0.2) is 48.8 Å². The Balaban J connectivity index is 1.58. The summed E-state index contributed by atoms with van der Waals surface area (Å²) in [5.74, 6) is 0.327. The lowest BCUT2D eigenvalue weighted by Gasteiger charge is -2.32. The SMILES string of the molecule is CC(O)C1CCN(C(=O)C=Cc2cnn(-c3ccccc3)c2)CC1. The van der Waals surface area contributed by atoms with Crippen molar-refractivity contribution < 1.29 is 9.90 Å². The van der Waals surface area contributed by atoms with E-state index in [9.17, 15) is 9.90 Å². The first-order valence-electron chi connectivity index (χ1n) is 8.38. The molecule has 1 saturated heterocycles. The van der Waals surface area contributed by atoms with Crippen LogP contribution in [0.1, 0.15) is 25.3 Å². The molecule has 0 bridgehead atoms. The first-order valence-corrected chi connectivity index (χ1v) is 8.38. The standard InChI is InChI=1S/C19H23N3O2/c1-15(23)17-9-11-21(12-10-17)19(24)8-7-16-13-20-22(14-16)18-5-3-2-4-6-18/h2-8,13-15,17,23H,9-12H2,1H3. The second kappa shape index (κ2) is 7.45. The Morgan fingerprint density at radius 1 is 1.29 bits per heavy atom. The lowest BCUT2D eigenvalue weighted by Crippen LogP contribution is -2.39. The fourth-order valence-corrected chi connectivity index (χ4v) is 3.02. The van der Waals surface area contributed by atoms with Gasteiger partial charge in [0.25, 0.3) is 0 Å². The largest absolute Gasteiger partial charge is 0.393 e. The first-order chi connectivity index (χ1) is 11.6. The van der Waals surface area contributed by atoms with Crippen LogP contribution in [0.4, 0.5) is 0 Å². The van der Waals surface area contributed by atoms with Crippen LogP contribution in [0.3, 0.4) is 0 Å². The molecule has 5 heteroatoms. The van der Waals surface area contributed by atoms with Gasteiger partial charge >= 0.3 is 0 Å². The van der Waals surface area contributed by atoms with Crippen LogP contribution >= 0.6 is 0 Å². The zero-order valence-corrected chi connectivity index (χ0v) is 13.9. The van der Waals surface area contributed by atoms with Gasteiger partial charge in [-0.15, -0.1) is 0 Å². The molecule has 3 rings (SSSR count). The van der Waals surface area contributed by atoms with Crippen molar-refractivity contribution in [3.05, 3.63) is 54.4 Å². The Labute approximate surface area is 142 Å². The maximum Gasteiger partial charge on any atom is 0.246 e. The molecule has 1 aliphatic heterocycles. The first kappa shape index (κ1) is 16.5. The van der Waals surface area contributed by atoms with Crippen LogP contribution in [0, 0.1) is 5.92 Å². The molecule has 1 amide bonds. The molecule has 1 fully saturated rings. The molecule has 0 aliphatic carbocycles. The lowest BCUT2D eigenvalue weighted by molar-refractivity contribution is -0.127. The summed E-state index contributed by atoms with van der Waals surface area (Å²) < 4.78 is 1.79. The maximum atomic E-state index is 12.3. The van der Waals surface area contributed by atoms with Crippen LogP contribution in [-0.2, 0) is 4.79 Å². The second-order valence-electron chi connectivity index (χ2n) is 6.29. The highest BCUT2D eigenvalue weighted by Gasteiger charge is 2.24. The van der Waals surface area contributed by atoms with Crippen LogP contribution < -0.4 is 0 Å². The molecule has 24 heavy (non-hydrogen) atoms. The topological polar surface area (TPSA) is 58.4 Å². The van der Waals surface area contributed by atoms with Gasteiger partial charge in [-0.3, -0.25) is 4.79 Å². The van der Waals surface area contributed by atoms with E-state index >= 15 is 0 Å². The summed E-state index contributed by atoms with van der Waals surface area (Å²) in [5, 5.41) is 13.9. The number of hydrogen-bond acceptors (Lipinski definition) is 3. The van der Waals surface area contributed by atoms with Gasteiger partial charge in [-0.1, -0.05) is 18.2 Å². The highest BCUT2D eigenvalue weighted by Crippen LogP contribution is 2.20. The number of piperidine rings is 1. The number of nitrogens with zero attached hydrogens (tertiary/aromatic N) is 3. The Kier molecular flexibility index (Phi) is 5.11. The minimum Gasteiger partial charge on any atom is -0.393 e. The van der Waals surface area contributed by atoms with E-state index in [2.05, 4.69) is 5.10 Å². The molecular formula is C19H23N3O2. The third kappa shape index (κ3) is 3.92. The van der Waals surface area contributed by atoms with Gasteiger partial charge in [0, 0.05) is 30.9 Å². The number of amides is 1. The Hall–Kier alpha value is -2.40. The van der Waals surface area contributed by atoms with Crippen molar-refractivity contribution in [1.29, 1.82) is 0 Å². The minimum atomic E-state index is -0.290. The van der Waals surface area contributed by atoms with Crippen molar-refractivity contribution in [2.45, 2.75) is 25.9 Å². The zero-order valence-electron chi connectivity index (χ0n) is 13.9. The second-order valence-corrected chi connectivity index (χ2v) is 6.29. The Bertz CT molecular complexity index is 698. The average Bonchev–Trinajstić information content (AvgIpc) is 3.09. The molecular weight excluding hydrogens is 302 g/mol. The van der Waals surface area contributed by atoms with Gasteiger partial charge in [0.15, 0.2) is 0 Å². The molecule has 126 valence electrons. The van der Waals surface area contributed by atoms with E-state index in [0.29, 0.717) is 19.0 Å². The third-order valence-electron chi connectivity index (χ3n) is 4.58. The monoisotopic (exact) mass is 325 g/mol. The fourth-order valence-electron chi connectivity index (χ4n) is 3.02. The van der Waals surface area contributed by atoms with Gasteiger partial charge in [0.05, 0.1) is 18.0 Å². The number of likely N-dealkylation sites (tertiary alicyclic amines) is 1. The number of hydrogen-bond donors (Lipinski definition) is 1. The molecule has 0 radical (unpaired) electrons. The van der Waals surface area contributed by atoms with Crippen molar-refractivity contribution in [2.75, 3.05) is 13.1 Å². The highest BCUT2D eigenvalue weighted by atomic mass is 16.3. The summed E-state index contributed by atoms with van der Waals surface area (Å²) >= 11 is 0. The van der Waals surface area contributed by atoms with Gasteiger partial charge in [-0.25, -0.2) is 4.68 Å². The molecule has 1 aromatic heterocycles. The van der Waals surface area contributed by atoms with E-state index in [4.69, 9.17) is 0 Å². The highest BCUT2D eigenvalue weighted by molar-refractivity contribution is 5.91. The summed E-state index contributed by atoms with van der Waals surface area (Å²) in [6.07, 6.45) is 8.49. The molecule has 0 spiro atoms. The number of benzene rings is 1. The molecule has 2 heterocycles. The van der Waals surface area contributed by atoms with Crippen LogP contribution in [0.5, 0.6) is 0 Å². The Morgan fingerprint density at radius 2 is 2.00 bits per heavy atom. The van der Waals surface area contributed by atoms with Crippen molar-refractivity contribution in [2.24, 2.45) is 5.92 Å². The molecule has 2 aromatic rings. The lowest BCUT2D eigenvalue weighted by atomic mass is 9.92. The number of carbonyl (C=O) groups is 1. The van der Waals surface area contributed by atoms with Crippen LogP contribution in [0.25, 0.3) is 11.8 Å². The van der Waals surface area contributed by atoms with E-state index in [1.807, 2.05) is 48.4 Å². The van der Waals surface area contributed by atoms with E-state index in [1.165, 1.54) is 0 Å². The van der Waals surface area contributed by atoms with E-state index < -0.39 is 0 Å². The van der Waals surface area contributed by atoms with Gasteiger partial charge in [0.2, 0.25) is 5.91 Å². The summed E-state index contributed by atoms with van der Waals surface area (Å²) in [5.41, 5.74) is 1.88. The molecule has 1 atom stereocenters. The molecule has 5 nitrogen and oxygen atoms in total. The number of para-hydroxylation sites is 1. The van der Waals surface area contributed by atoms with Gasteiger partial charge in [-0.05, 0) is 43.9 Å².